The van der Waals surface area contributed by atoms with E-state index in [4.69, 9.17) is 14.7 Å². The molecule has 1 N–H and O–H groups in total. The molecular weight excluding hydrogens is 552 g/mol. The Balaban J connectivity index is 1.14. The van der Waals surface area contributed by atoms with Crippen molar-refractivity contribution < 1.29 is 18.3 Å². The number of likely N-dealkylation sites (tertiary alicyclic amines) is 1. The number of aryl methyl sites for hydroxylation is 2. The Morgan fingerprint density at radius 3 is 2.51 bits per heavy atom. The van der Waals surface area contributed by atoms with Gasteiger partial charge in [-0.1, -0.05) is 12.5 Å². The molecular formula is C32H43F2N7O2. The molecule has 2 aromatic heterocycles. The predicted molar refractivity (Wildman–Crippen MR) is 162 cm³/mol. The normalized spacial score (nSPS) is 23.4. The first kappa shape index (κ1) is 29.9. The molecule has 4 heterocycles. The highest BCUT2D eigenvalue weighted by atomic mass is 19.3. The Bertz CT molecular complexity index is 1420. The lowest BCUT2D eigenvalue weighted by atomic mass is 9.83. The van der Waals surface area contributed by atoms with Crippen molar-refractivity contribution in [2.24, 2.45) is 5.92 Å². The zero-order valence-electron chi connectivity index (χ0n) is 25.3. The van der Waals surface area contributed by atoms with E-state index in [0.29, 0.717) is 61.3 Å². The van der Waals surface area contributed by atoms with Gasteiger partial charge in [0, 0.05) is 31.6 Å². The minimum atomic E-state index is -2.74. The number of nitrogens with one attached hydrogen (secondary N) is 1. The second-order valence-electron chi connectivity index (χ2n) is 12.5. The number of morpholine rings is 1. The van der Waals surface area contributed by atoms with Crippen LogP contribution in [0.5, 0.6) is 0 Å². The molecule has 43 heavy (non-hydrogen) atoms. The largest absolute Gasteiger partial charge is 0.378 e. The second kappa shape index (κ2) is 13.2. The number of aromatic nitrogens is 4. The number of carbonyl (C=O) groups is 1. The van der Waals surface area contributed by atoms with Crippen molar-refractivity contribution in [3.8, 4) is 5.82 Å². The number of rotatable bonds is 9. The van der Waals surface area contributed by atoms with E-state index in [1.165, 1.54) is 4.57 Å². The topological polar surface area (TPSA) is 88.4 Å². The number of benzene rings is 1. The maximum atomic E-state index is 14.2. The number of anilines is 1. The minimum Gasteiger partial charge on any atom is -0.378 e. The first-order valence-electron chi connectivity index (χ1n) is 15.8. The minimum absolute atomic E-state index is 0.0250. The summed E-state index contributed by atoms with van der Waals surface area (Å²) < 4.78 is 35.5. The molecule has 1 atom stereocenters. The van der Waals surface area contributed by atoms with Crippen molar-refractivity contribution in [3.05, 3.63) is 41.5 Å². The van der Waals surface area contributed by atoms with Crippen LogP contribution >= 0.6 is 0 Å². The molecule has 9 nitrogen and oxygen atoms in total. The molecule has 2 saturated heterocycles. The van der Waals surface area contributed by atoms with E-state index in [9.17, 15) is 13.6 Å². The third-order valence-corrected chi connectivity index (χ3v) is 9.37. The van der Waals surface area contributed by atoms with Crippen molar-refractivity contribution in [1.29, 1.82) is 0 Å². The van der Waals surface area contributed by atoms with Crippen molar-refractivity contribution in [2.45, 2.75) is 83.2 Å². The number of likely N-dealkylation sites (N-methyl/N-ethyl adjacent to an activating group) is 1. The molecule has 6 rings (SSSR count). The number of amides is 1. The van der Waals surface area contributed by atoms with Crippen LogP contribution in [0.15, 0.2) is 24.3 Å². The van der Waals surface area contributed by atoms with Gasteiger partial charge in [-0.15, -0.1) is 0 Å². The molecule has 1 aliphatic carbocycles. The highest BCUT2D eigenvalue weighted by molar-refractivity contribution is 5.82. The van der Waals surface area contributed by atoms with Gasteiger partial charge in [-0.05, 0) is 89.1 Å². The zero-order chi connectivity index (χ0) is 29.9. The van der Waals surface area contributed by atoms with E-state index in [2.05, 4.69) is 20.1 Å². The smallest absolute Gasteiger partial charge is 0.296 e. The van der Waals surface area contributed by atoms with Gasteiger partial charge in [0.1, 0.15) is 17.5 Å². The number of nitrogens with zero attached hydrogens (tertiary/aromatic N) is 6. The van der Waals surface area contributed by atoms with Crippen LogP contribution in [-0.4, -0.2) is 82.3 Å². The standard InChI is InChI=1S/C32H43F2N7O2/c1-21-8-13-24-26(19-21)41(31(36-24)30(33)34)29-20-28(40-15-17-43-18-16-40)37-27(38-29)7-3-5-22-9-11-23(12-10-22)35-32(42)25-6-4-14-39(25)2/h8,13,19-20,22-23,25,30H,3-7,9-12,14-18H2,1-2H3,(H,35,42)/t22-,23-,25-/m0/s1. The maximum absolute atomic E-state index is 14.2. The average Bonchev–Trinajstić information content (AvgIpc) is 3.62. The number of fused-ring (bicyclic) bond motifs is 1. The van der Waals surface area contributed by atoms with E-state index in [0.717, 1.165) is 69.3 Å². The Morgan fingerprint density at radius 2 is 1.79 bits per heavy atom. The van der Waals surface area contributed by atoms with E-state index in [1.54, 1.807) is 6.07 Å². The summed E-state index contributed by atoms with van der Waals surface area (Å²) in [5, 5.41) is 3.30. The van der Waals surface area contributed by atoms with Gasteiger partial charge in [0.25, 0.3) is 6.43 Å². The van der Waals surface area contributed by atoms with Crippen molar-refractivity contribution >= 4 is 22.8 Å². The molecule has 0 bridgehead atoms. The maximum Gasteiger partial charge on any atom is 0.296 e. The predicted octanol–water partition coefficient (Wildman–Crippen LogP) is 4.99. The SMILES string of the molecule is Cc1ccc2nc(C(F)F)n(-c3cc(N4CCOCC4)nc(CCC[C@H]4CC[C@H](NC(=O)[C@@H]5CCCN5C)CC4)n3)c2c1. The second-order valence-corrected chi connectivity index (χ2v) is 12.5. The zero-order valence-corrected chi connectivity index (χ0v) is 25.3. The number of carbonyl (C=O) groups excluding carboxylic acids is 1. The molecule has 1 saturated carbocycles. The fourth-order valence-electron chi connectivity index (χ4n) is 6.92. The molecule has 11 heteroatoms. The Hall–Kier alpha value is -3.18. The summed E-state index contributed by atoms with van der Waals surface area (Å²) in [6.45, 7) is 5.53. The molecule has 0 spiro atoms. The van der Waals surface area contributed by atoms with Gasteiger partial charge < -0.3 is 15.0 Å². The van der Waals surface area contributed by atoms with Gasteiger partial charge in [-0.2, -0.15) is 0 Å². The summed E-state index contributed by atoms with van der Waals surface area (Å²) in [7, 11) is 2.04. The fraction of sp³-hybridized carbons (Fsp3) is 0.625. The highest BCUT2D eigenvalue weighted by Gasteiger charge is 2.30. The average molecular weight is 596 g/mol. The molecule has 1 amide bonds. The molecule has 3 aromatic rings. The van der Waals surface area contributed by atoms with Crippen LogP contribution < -0.4 is 10.2 Å². The van der Waals surface area contributed by atoms with Crippen LogP contribution in [-0.2, 0) is 16.0 Å². The third-order valence-electron chi connectivity index (χ3n) is 9.37. The molecule has 2 aliphatic heterocycles. The lowest BCUT2D eigenvalue weighted by molar-refractivity contribution is -0.126. The van der Waals surface area contributed by atoms with Gasteiger partial charge >= 0.3 is 0 Å². The Morgan fingerprint density at radius 1 is 1.02 bits per heavy atom. The number of ether oxygens (including phenoxy) is 1. The van der Waals surface area contributed by atoms with Crippen LogP contribution in [0.4, 0.5) is 14.6 Å². The summed E-state index contributed by atoms with van der Waals surface area (Å²) in [5.74, 6) is 2.32. The third kappa shape index (κ3) is 6.82. The Kier molecular flexibility index (Phi) is 9.18. The van der Waals surface area contributed by atoms with Crippen molar-refractivity contribution in [1.82, 2.24) is 29.7 Å². The highest BCUT2D eigenvalue weighted by Crippen LogP contribution is 2.31. The number of halogens is 2. The number of hydrogen-bond acceptors (Lipinski definition) is 7. The van der Waals surface area contributed by atoms with E-state index in [1.807, 2.05) is 32.2 Å². The van der Waals surface area contributed by atoms with Crippen LogP contribution in [0.3, 0.4) is 0 Å². The molecule has 3 aliphatic rings. The van der Waals surface area contributed by atoms with Gasteiger partial charge in [0.15, 0.2) is 5.82 Å². The summed E-state index contributed by atoms with van der Waals surface area (Å²) in [5.41, 5.74) is 2.12. The van der Waals surface area contributed by atoms with E-state index in [-0.39, 0.29) is 23.8 Å². The summed E-state index contributed by atoms with van der Waals surface area (Å²) in [6, 6.07) is 7.65. The van der Waals surface area contributed by atoms with Gasteiger partial charge in [-0.25, -0.2) is 23.7 Å². The van der Waals surface area contributed by atoms with Crippen LogP contribution in [0.25, 0.3) is 16.9 Å². The summed E-state index contributed by atoms with van der Waals surface area (Å²) in [4.78, 5) is 31.0. The first-order valence-corrected chi connectivity index (χ1v) is 15.8. The number of alkyl halides is 2. The van der Waals surface area contributed by atoms with Crippen LogP contribution in [0, 0.1) is 12.8 Å². The summed E-state index contributed by atoms with van der Waals surface area (Å²) in [6.07, 6.45) is 6.19. The van der Waals surface area contributed by atoms with Crippen LogP contribution in [0.2, 0.25) is 0 Å². The monoisotopic (exact) mass is 595 g/mol. The molecule has 3 fully saturated rings. The van der Waals surface area contributed by atoms with Crippen molar-refractivity contribution in [2.75, 3.05) is 44.8 Å². The molecule has 1 aromatic carbocycles. The lowest BCUT2D eigenvalue weighted by Crippen LogP contribution is -2.46. The van der Waals surface area contributed by atoms with E-state index >= 15 is 0 Å². The molecule has 0 unspecified atom stereocenters. The van der Waals surface area contributed by atoms with Gasteiger partial charge in [0.2, 0.25) is 5.91 Å². The Labute approximate surface area is 252 Å². The van der Waals surface area contributed by atoms with Crippen molar-refractivity contribution in [3.63, 3.8) is 0 Å². The number of imidazole rings is 1. The quantitative estimate of drug-likeness (QED) is 0.373. The number of hydrogen-bond donors (Lipinski definition) is 1. The summed E-state index contributed by atoms with van der Waals surface area (Å²) >= 11 is 0. The van der Waals surface area contributed by atoms with Gasteiger partial charge in [0.05, 0.1) is 30.3 Å². The molecule has 0 radical (unpaired) electrons. The van der Waals surface area contributed by atoms with Gasteiger partial charge in [-0.3, -0.25) is 14.3 Å². The molecule has 232 valence electrons. The van der Waals surface area contributed by atoms with E-state index < -0.39 is 6.43 Å². The lowest BCUT2D eigenvalue weighted by Gasteiger charge is -2.30. The fourth-order valence-corrected chi connectivity index (χ4v) is 6.92. The first-order chi connectivity index (χ1) is 20.9. The van der Waals surface area contributed by atoms with Crippen LogP contribution in [0.1, 0.15) is 75.0 Å².